The van der Waals surface area contributed by atoms with Crippen LogP contribution in [0.1, 0.15) is 47.9 Å². The third-order valence-corrected chi connectivity index (χ3v) is 3.97. The fourth-order valence-electron chi connectivity index (χ4n) is 2.79. The lowest BCUT2D eigenvalue weighted by Crippen LogP contribution is -2.47. The molecule has 1 aromatic rings. The molecule has 1 aliphatic rings. The Hall–Kier alpha value is -3.23. The predicted molar refractivity (Wildman–Crippen MR) is 96.3 cm³/mol. The number of alkyl carbamates (subject to hydrolysis) is 1. The van der Waals surface area contributed by atoms with Crippen molar-refractivity contribution in [3.05, 3.63) is 35.4 Å². The molecule has 150 valence electrons. The van der Waals surface area contributed by atoms with Gasteiger partial charge >= 0.3 is 12.1 Å². The molecular formula is C19H22N2O7. The second kappa shape index (κ2) is 9.12. The Balaban J connectivity index is 2.11. The number of nitrogens with one attached hydrogen (secondary N) is 1. The summed E-state index contributed by atoms with van der Waals surface area (Å²) in [7, 11) is 0. The van der Waals surface area contributed by atoms with Crippen molar-refractivity contribution < 1.29 is 33.4 Å². The monoisotopic (exact) mass is 390 g/mol. The Bertz CT molecular complexity index is 768. The second-order valence-corrected chi connectivity index (χ2v) is 6.55. The topological polar surface area (TPSA) is 119 Å². The van der Waals surface area contributed by atoms with E-state index in [1.165, 1.54) is 12.1 Å². The maximum atomic E-state index is 12.6. The number of fused-ring (bicyclic) bond motifs is 1. The highest BCUT2D eigenvalue weighted by Crippen LogP contribution is 2.27. The maximum Gasteiger partial charge on any atom is 0.413 e. The molecular weight excluding hydrogens is 368 g/mol. The fourth-order valence-corrected chi connectivity index (χ4v) is 2.79. The lowest BCUT2D eigenvalue weighted by molar-refractivity contribution is -0.152. The molecule has 0 aliphatic carbocycles. The van der Waals surface area contributed by atoms with E-state index in [0.717, 1.165) is 4.90 Å². The number of hydrogen-bond donors (Lipinski definition) is 1. The first-order chi connectivity index (χ1) is 13.3. The molecule has 4 amide bonds. The van der Waals surface area contributed by atoms with Gasteiger partial charge in [-0.1, -0.05) is 26.0 Å². The highest BCUT2D eigenvalue weighted by molar-refractivity contribution is 6.22. The van der Waals surface area contributed by atoms with Crippen molar-refractivity contribution in [1.82, 2.24) is 10.2 Å². The SMILES string of the molecule is CCOC(=O)NC(=O)COC(=O)C(CC(C)C)N1C(=O)c2ccccc2C1=O. The first-order valence-corrected chi connectivity index (χ1v) is 8.86. The zero-order valence-corrected chi connectivity index (χ0v) is 15.9. The summed E-state index contributed by atoms with van der Waals surface area (Å²) in [4.78, 5) is 61.6. The smallest absolute Gasteiger partial charge is 0.413 e. The number of ether oxygens (including phenoxy) is 2. The summed E-state index contributed by atoms with van der Waals surface area (Å²) in [5, 5.41) is 1.89. The minimum Gasteiger partial charge on any atom is -0.454 e. The minimum absolute atomic E-state index is 0.0322. The molecule has 1 heterocycles. The molecule has 0 spiro atoms. The van der Waals surface area contributed by atoms with Crippen LogP contribution in [0.25, 0.3) is 0 Å². The van der Waals surface area contributed by atoms with E-state index >= 15 is 0 Å². The van der Waals surface area contributed by atoms with Gasteiger partial charge in [0.15, 0.2) is 6.61 Å². The molecule has 1 unspecified atom stereocenters. The van der Waals surface area contributed by atoms with Gasteiger partial charge in [-0.15, -0.1) is 0 Å². The van der Waals surface area contributed by atoms with Crippen LogP contribution in [0.2, 0.25) is 0 Å². The van der Waals surface area contributed by atoms with E-state index in [1.807, 2.05) is 19.2 Å². The molecule has 9 nitrogen and oxygen atoms in total. The average Bonchev–Trinajstić information content (AvgIpc) is 2.89. The summed E-state index contributed by atoms with van der Waals surface area (Å²) in [5.74, 6) is -2.98. The average molecular weight is 390 g/mol. The molecule has 0 fully saturated rings. The number of benzene rings is 1. The molecule has 2 rings (SSSR count). The molecule has 28 heavy (non-hydrogen) atoms. The van der Waals surface area contributed by atoms with Gasteiger partial charge in [-0.3, -0.25) is 24.6 Å². The maximum absolute atomic E-state index is 12.6. The Morgan fingerprint density at radius 2 is 1.61 bits per heavy atom. The number of imide groups is 2. The van der Waals surface area contributed by atoms with E-state index in [2.05, 4.69) is 4.74 Å². The van der Waals surface area contributed by atoms with Crippen LogP contribution in [0.4, 0.5) is 4.79 Å². The van der Waals surface area contributed by atoms with Gasteiger partial charge in [0, 0.05) is 0 Å². The number of hydrogen-bond acceptors (Lipinski definition) is 7. The van der Waals surface area contributed by atoms with Crippen molar-refractivity contribution in [2.45, 2.75) is 33.2 Å². The Morgan fingerprint density at radius 3 is 2.11 bits per heavy atom. The number of carbonyl (C=O) groups is 5. The van der Waals surface area contributed by atoms with Crippen molar-refractivity contribution in [3.63, 3.8) is 0 Å². The number of esters is 1. The number of carbonyl (C=O) groups excluding carboxylic acids is 5. The number of amides is 4. The van der Waals surface area contributed by atoms with Gasteiger partial charge in [0.05, 0.1) is 17.7 Å². The Morgan fingerprint density at radius 1 is 1.04 bits per heavy atom. The van der Waals surface area contributed by atoms with E-state index in [1.54, 1.807) is 19.1 Å². The molecule has 0 saturated carbocycles. The largest absolute Gasteiger partial charge is 0.454 e. The van der Waals surface area contributed by atoms with Crippen LogP contribution in [0, 0.1) is 5.92 Å². The standard InChI is InChI=1S/C19H22N2O7/c1-4-27-19(26)20-15(22)10-28-18(25)14(9-11(2)3)21-16(23)12-7-5-6-8-13(12)17(21)24/h5-8,11,14H,4,9-10H2,1-3H3,(H,20,22,26). The third kappa shape index (κ3) is 4.73. The molecule has 0 aromatic heterocycles. The van der Waals surface area contributed by atoms with Crippen molar-refractivity contribution in [1.29, 1.82) is 0 Å². The summed E-state index contributed by atoms with van der Waals surface area (Å²) >= 11 is 0. The van der Waals surface area contributed by atoms with Crippen molar-refractivity contribution in [3.8, 4) is 0 Å². The van der Waals surface area contributed by atoms with E-state index in [9.17, 15) is 24.0 Å². The zero-order chi connectivity index (χ0) is 20.8. The van der Waals surface area contributed by atoms with Gasteiger partial charge in [0.2, 0.25) is 0 Å². The van der Waals surface area contributed by atoms with Crippen LogP contribution < -0.4 is 5.32 Å². The van der Waals surface area contributed by atoms with Gasteiger partial charge < -0.3 is 9.47 Å². The molecule has 1 aliphatic heterocycles. The van der Waals surface area contributed by atoms with Gasteiger partial charge in [0.25, 0.3) is 17.7 Å². The third-order valence-electron chi connectivity index (χ3n) is 3.97. The summed E-state index contributed by atoms with van der Waals surface area (Å²) in [6.07, 6.45) is -0.785. The van der Waals surface area contributed by atoms with E-state index in [-0.39, 0.29) is 30.1 Å². The number of nitrogens with zero attached hydrogens (tertiary/aromatic N) is 1. The molecule has 9 heteroatoms. The normalized spacial score (nSPS) is 13.9. The van der Waals surface area contributed by atoms with Crippen LogP contribution in [0.15, 0.2) is 24.3 Å². The van der Waals surface area contributed by atoms with Crippen molar-refractivity contribution in [2.75, 3.05) is 13.2 Å². The highest BCUT2D eigenvalue weighted by atomic mass is 16.6. The highest BCUT2D eigenvalue weighted by Gasteiger charge is 2.43. The predicted octanol–water partition coefficient (Wildman–Crippen LogP) is 1.51. The first-order valence-electron chi connectivity index (χ1n) is 8.86. The molecule has 0 radical (unpaired) electrons. The molecule has 1 atom stereocenters. The number of rotatable bonds is 7. The quantitative estimate of drug-likeness (QED) is 0.554. The summed E-state index contributed by atoms with van der Waals surface area (Å²) in [5.41, 5.74) is 0.434. The van der Waals surface area contributed by atoms with Crippen LogP contribution in [-0.4, -0.2) is 53.9 Å². The van der Waals surface area contributed by atoms with Crippen LogP contribution >= 0.6 is 0 Å². The van der Waals surface area contributed by atoms with E-state index < -0.39 is 42.4 Å². The fraction of sp³-hybridized carbons (Fsp3) is 0.421. The summed E-state index contributed by atoms with van der Waals surface area (Å²) < 4.78 is 9.50. The van der Waals surface area contributed by atoms with Gasteiger partial charge in [-0.2, -0.15) is 0 Å². The van der Waals surface area contributed by atoms with Crippen molar-refractivity contribution in [2.24, 2.45) is 5.92 Å². The zero-order valence-electron chi connectivity index (χ0n) is 15.9. The summed E-state index contributed by atoms with van der Waals surface area (Å²) in [6.45, 7) is 4.56. The Labute approximate surface area is 162 Å². The first kappa shape index (κ1) is 21.1. The van der Waals surface area contributed by atoms with Crippen molar-refractivity contribution >= 4 is 29.8 Å². The summed E-state index contributed by atoms with van der Waals surface area (Å²) in [6, 6.07) is 5.11. The van der Waals surface area contributed by atoms with E-state index in [0.29, 0.717) is 0 Å². The van der Waals surface area contributed by atoms with Gasteiger partial charge in [-0.25, -0.2) is 9.59 Å². The minimum atomic E-state index is -1.18. The lowest BCUT2D eigenvalue weighted by Gasteiger charge is -2.25. The second-order valence-electron chi connectivity index (χ2n) is 6.55. The van der Waals surface area contributed by atoms with Crippen LogP contribution in [-0.2, 0) is 19.1 Å². The van der Waals surface area contributed by atoms with Crippen LogP contribution in [0.3, 0.4) is 0 Å². The van der Waals surface area contributed by atoms with Gasteiger partial charge in [-0.05, 0) is 31.4 Å². The molecule has 0 bridgehead atoms. The lowest BCUT2D eigenvalue weighted by atomic mass is 10.0. The molecule has 1 N–H and O–H groups in total. The van der Waals surface area contributed by atoms with E-state index in [4.69, 9.17) is 4.74 Å². The Kier molecular flexibility index (Phi) is 6.86. The van der Waals surface area contributed by atoms with Gasteiger partial charge in [0.1, 0.15) is 6.04 Å². The molecule has 1 aromatic carbocycles. The van der Waals surface area contributed by atoms with Crippen LogP contribution in [0.5, 0.6) is 0 Å². The molecule has 0 saturated heterocycles.